The van der Waals surface area contributed by atoms with E-state index < -0.39 is 0 Å². The second kappa shape index (κ2) is 10.8. The number of ether oxygens (including phenoxy) is 2. The number of benzene rings is 2. The number of hydrazone groups is 1. The van der Waals surface area contributed by atoms with Gasteiger partial charge in [0.1, 0.15) is 11.5 Å². The highest BCUT2D eigenvalue weighted by Crippen LogP contribution is 2.29. The third-order valence-corrected chi connectivity index (χ3v) is 5.54. The number of nitrogens with zero attached hydrogens (tertiary/aromatic N) is 2. The molecule has 0 atom stereocenters. The molecule has 0 saturated heterocycles. The molecule has 0 unspecified atom stereocenters. The van der Waals surface area contributed by atoms with Crippen molar-refractivity contribution in [1.82, 2.24) is 10.4 Å². The summed E-state index contributed by atoms with van der Waals surface area (Å²) in [5.74, 6) is 0.830. The van der Waals surface area contributed by atoms with Gasteiger partial charge in [-0.15, -0.1) is 0 Å². The Morgan fingerprint density at radius 1 is 1.23 bits per heavy atom. The molecule has 0 aliphatic heterocycles. The molecule has 0 saturated carbocycles. The molecule has 1 aromatic heterocycles. The van der Waals surface area contributed by atoms with Crippen molar-refractivity contribution in [3.8, 4) is 11.5 Å². The molecule has 0 aliphatic rings. The van der Waals surface area contributed by atoms with E-state index in [1.165, 1.54) is 6.21 Å². The molecule has 1 amide bonds. The molecule has 1 heterocycles. The van der Waals surface area contributed by atoms with E-state index in [1.54, 1.807) is 12.1 Å². The molecule has 0 fully saturated rings. The molecule has 2 aromatic carbocycles. The predicted molar refractivity (Wildman–Crippen MR) is 124 cm³/mol. The number of aromatic nitrogens is 1. The Hall–Kier alpha value is -3.10. The number of aryl methyl sites for hydroxylation is 1. The summed E-state index contributed by atoms with van der Waals surface area (Å²) in [4.78, 5) is 16.9. The number of hydrogen-bond donors (Lipinski definition) is 2. The van der Waals surface area contributed by atoms with Crippen LogP contribution in [-0.4, -0.2) is 23.7 Å². The monoisotopic (exact) mass is 458 g/mol. The van der Waals surface area contributed by atoms with Gasteiger partial charge in [0.25, 0.3) is 5.91 Å². The van der Waals surface area contributed by atoms with Crippen molar-refractivity contribution >= 4 is 40.2 Å². The third-order valence-electron chi connectivity index (χ3n) is 4.24. The molecule has 0 radical (unpaired) electrons. The van der Waals surface area contributed by atoms with Gasteiger partial charge in [-0.2, -0.15) is 5.10 Å². The molecule has 31 heavy (non-hydrogen) atoms. The topological polar surface area (TPSA) is 98.8 Å². The largest absolute Gasteiger partial charge is 0.490 e. The molecular formula is C22H23ClN4O3S. The van der Waals surface area contributed by atoms with Gasteiger partial charge in [-0.3, -0.25) is 4.79 Å². The van der Waals surface area contributed by atoms with Crippen molar-refractivity contribution in [1.29, 1.82) is 0 Å². The maximum Gasteiger partial charge on any atom is 0.283 e. The highest BCUT2D eigenvalue weighted by molar-refractivity contribution is 7.17. The Morgan fingerprint density at radius 3 is 2.77 bits per heavy atom. The number of carbonyl (C=O) groups excluding carboxylic acids is 1. The lowest BCUT2D eigenvalue weighted by atomic mass is 10.2. The fourth-order valence-electron chi connectivity index (χ4n) is 2.77. The van der Waals surface area contributed by atoms with Crippen LogP contribution in [0.3, 0.4) is 0 Å². The number of hydrogen-bond acceptors (Lipinski definition) is 7. The Kier molecular flexibility index (Phi) is 7.86. The molecule has 0 spiro atoms. The maximum atomic E-state index is 12.3. The van der Waals surface area contributed by atoms with Gasteiger partial charge in [0, 0.05) is 10.6 Å². The van der Waals surface area contributed by atoms with Crippen molar-refractivity contribution in [3.63, 3.8) is 0 Å². The molecule has 0 bridgehead atoms. The normalized spacial score (nSPS) is 10.9. The van der Waals surface area contributed by atoms with Crippen LogP contribution in [0, 0.1) is 0 Å². The van der Waals surface area contributed by atoms with E-state index in [-0.39, 0.29) is 5.91 Å². The van der Waals surface area contributed by atoms with Crippen molar-refractivity contribution in [2.75, 3.05) is 12.3 Å². The van der Waals surface area contributed by atoms with Gasteiger partial charge >= 0.3 is 0 Å². The van der Waals surface area contributed by atoms with Crippen LogP contribution >= 0.6 is 22.9 Å². The van der Waals surface area contributed by atoms with Crippen LogP contribution in [0.1, 0.15) is 40.3 Å². The van der Waals surface area contributed by atoms with Gasteiger partial charge in [-0.25, -0.2) is 10.4 Å². The van der Waals surface area contributed by atoms with Crippen molar-refractivity contribution in [3.05, 3.63) is 69.2 Å². The quantitative estimate of drug-likeness (QED) is 0.358. The molecule has 0 aliphatic carbocycles. The minimum Gasteiger partial charge on any atom is -0.490 e. The number of rotatable bonds is 9. The number of nitrogens with two attached hydrogens (primary N) is 1. The van der Waals surface area contributed by atoms with Crippen molar-refractivity contribution in [2.24, 2.45) is 5.10 Å². The van der Waals surface area contributed by atoms with E-state index in [0.29, 0.717) is 51.9 Å². The van der Waals surface area contributed by atoms with Gasteiger partial charge in [0.05, 0.1) is 18.5 Å². The van der Waals surface area contributed by atoms with Gasteiger partial charge in [0.15, 0.2) is 16.6 Å². The van der Waals surface area contributed by atoms with Crippen LogP contribution in [0.4, 0.5) is 5.13 Å². The van der Waals surface area contributed by atoms with Crippen LogP contribution in [0.15, 0.2) is 47.6 Å². The van der Waals surface area contributed by atoms with Crippen molar-refractivity contribution in [2.45, 2.75) is 26.9 Å². The predicted octanol–water partition coefficient (Wildman–Crippen LogP) is 4.68. The number of amides is 1. The van der Waals surface area contributed by atoms with Crippen molar-refractivity contribution < 1.29 is 14.3 Å². The molecule has 3 rings (SSSR count). The fourth-order valence-corrected chi connectivity index (χ4v) is 3.77. The van der Waals surface area contributed by atoms with E-state index in [4.69, 9.17) is 26.8 Å². The number of nitrogens with one attached hydrogen (secondary N) is 1. The summed E-state index contributed by atoms with van der Waals surface area (Å²) >= 11 is 7.33. The third kappa shape index (κ3) is 5.96. The maximum absolute atomic E-state index is 12.3. The van der Waals surface area contributed by atoms with Gasteiger partial charge < -0.3 is 15.2 Å². The summed E-state index contributed by atoms with van der Waals surface area (Å²) in [6.45, 7) is 4.61. The molecule has 7 nitrogen and oxygen atoms in total. The SMILES string of the molecule is CCOc1cc(/C=N\NC(=O)c2sc(N)nc2CC)ccc1OCc1ccccc1Cl. The number of anilines is 1. The lowest BCUT2D eigenvalue weighted by molar-refractivity contribution is 0.0958. The Balaban J connectivity index is 1.68. The standard InChI is InChI=1S/C22H23ClN4O3S/c1-3-17-20(31-22(24)26-17)21(28)27-25-12-14-9-10-18(19(11-14)29-4-2)30-13-15-7-5-6-8-16(15)23/h5-12H,3-4,13H2,1-2H3,(H2,24,26)(H,27,28)/b25-12-. The lowest BCUT2D eigenvalue weighted by Gasteiger charge is -2.13. The van der Waals surface area contributed by atoms with Crippen LogP contribution in [0.25, 0.3) is 0 Å². The van der Waals surface area contributed by atoms with E-state index in [9.17, 15) is 4.79 Å². The first-order chi connectivity index (χ1) is 15.0. The van der Waals surface area contributed by atoms with E-state index in [0.717, 1.165) is 22.5 Å². The average Bonchev–Trinajstić information content (AvgIpc) is 3.15. The summed E-state index contributed by atoms with van der Waals surface area (Å²) in [5.41, 5.74) is 10.5. The summed E-state index contributed by atoms with van der Waals surface area (Å²) in [6.07, 6.45) is 2.15. The number of carbonyl (C=O) groups is 1. The Morgan fingerprint density at radius 2 is 2.03 bits per heavy atom. The summed E-state index contributed by atoms with van der Waals surface area (Å²) in [7, 11) is 0. The van der Waals surface area contributed by atoms with E-state index >= 15 is 0 Å². The minimum atomic E-state index is -0.341. The minimum absolute atomic E-state index is 0.320. The Labute approximate surface area is 189 Å². The van der Waals surface area contributed by atoms with E-state index in [1.807, 2.05) is 44.2 Å². The molecule has 3 aromatic rings. The smallest absolute Gasteiger partial charge is 0.283 e. The molecule has 162 valence electrons. The molecule has 9 heteroatoms. The highest BCUT2D eigenvalue weighted by Gasteiger charge is 2.15. The summed E-state index contributed by atoms with van der Waals surface area (Å²) in [6, 6.07) is 12.9. The van der Waals surface area contributed by atoms with Gasteiger partial charge in [-0.1, -0.05) is 48.1 Å². The number of nitrogen functional groups attached to an aromatic ring is 1. The zero-order valence-electron chi connectivity index (χ0n) is 17.2. The molecule has 3 N–H and O–H groups in total. The first kappa shape index (κ1) is 22.6. The highest BCUT2D eigenvalue weighted by atomic mass is 35.5. The van der Waals surface area contributed by atoms with E-state index in [2.05, 4.69) is 15.5 Å². The Bertz CT molecular complexity index is 1080. The van der Waals surface area contributed by atoms with Crippen LogP contribution < -0.4 is 20.6 Å². The van der Waals surface area contributed by atoms with Gasteiger partial charge in [-0.05, 0) is 43.2 Å². The zero-order valence-corrected chi connectivity index (χ0v) is 18.8. The lowest BCUT2D eigenvalue weighted by Crippen LogP contribution is -2.17. The first-order valence-corrected chi connectivity index (χ1v) is 10.9. The molecular weight excluding hydrogens is 436 g/mol. The second-order valence-corrected chi connectivity index (χ2v) is 7.84. The zero-order chi connectivity index (χ0) is 22.2. The second-order valence-electron chi connectivity index (χ2n) is 6.40. The summed E-state index contributed by atoms with van der Waals surface area (Å²) < 4.78 is 11.6. The van der Waals surface area contributed by atoms with Gasteiger partial charge in [0.2, 0.25) is 0 Å². The van der Waals surface area contributed by atoms with Crippen LogP contribution in [0.2, 0.25) is 5.02 Å². The first-order valence-electron chi connectivity index (χ1n) is 9.73. The number of thiazole rings is 1. The van der Waals surface area contributed by atoms with Crippen LogP contribution in [0.5, 0.6) is 11.5 Å². The fraction of sp³-hybridized carbons (Fsp3) is 0.227. The average molecular weight is 459 g/mol. The van der Waals surface area contributed by atoms with Crippen LogP contribution in [-0.2, 0) is 13.0 Å². The number of halogens is 1. The summed E-state index contributed by atoms with van der Waals surface area (Å²) in [5, 5.41) is 5.05.